The molecule has 0 spiro atoms. The van der Waals surface area contributed by atoms with Crippen LogP contribution in [0, 0.1) is 0 Å². The number of aliphatic hydroxyl groups is 1. The number of hydrogen-bond acceptors (Lipinski definition) is 3. The van der Waals surface area contributed by atoms with Crippen LogP contribution < -0.4 is 0 Å². The molecule has 1 aromatic rings. The molecule has 0 saturated carbocycles. The molecule has 0 aromatic heterocycles. The maximum Gasteiger partial charge on any atom is 0.0802 e. The van der Waals surface area contributed by atoms with E-state index in [1.54, 1.807) is 0 Å². The van der Waals surface area contributed by atoms with Gasteiger partial charge in [0, 0.05) is 35.7 Å². The average Bonchev–Trinajstić information content (AvgIpc) is 2.36. The molecule has 1 aliphatic rings. The van der Waals surface area contributed by atoms with Crippen molar-refractivity contribution in [1.82, 2.24) is 4.90 Å². The Morgan fingerprint density at radius 2 is 2.39 bits per heavy atom. The Kier molecular flexibility index (Phi) is 5.37. The third-order valence-corrected chi connectivity index (χ3v) is 4.65. The number of rotatable bonds is 4. The molecule has 1 aromatic carbocycles. The minimum atomic E-state index is -0.409. The zero-order valence-corrected chi connectivity index (χ0v) is 12.3. The number of aliphatic hydroxyl groups excluding tert-OH is 1. The van der Waals surface area contributed by atoms with E-state index in [0.29, 0.717) is 10.3 Å². The van der Waals surface area contributed by atoms with Crippen molar-refractivity contribution >= 4 is 23.4 Å². The lowest BCUT2D eigenvalue weighted by Crippen LogP contribution is -2.37. The molecule has 0 radical (unpaired) electrons. The van der Waals surface area contributed by atoms with Gasteiger partial charge in [-0.3, -0.25) is 0 Å². The van der Waals surface area contributed by atoms with Crippen LogP contribution in [0.2, 0.25) is 5.02 Å². The van der Waals surface area contributed by atoms with Gasteiger partial charge in [-0.2, -0.15) is 11.8 Å². The summed E-state index contributed by atoms with van der Waals surface area (Å²) >= 11 is 7.97. The smallest absolute Gasteiger partial charge is 0.0802 e. The van der Waals surface area contributed by atoms with Crippen molar-refractivity contribution in [1.29, 1.82) is 0 Å². The minimum Gasteiger partial charge on any atom is -0.388 e. The first-order valence-electron chi connectivity index (χ1n) is 6.42. The fourth-order valence-electron chi connectivity index (χ4n) is 2.28. The first-order valence-corrected chi connectivity index (χ1v) is 7.85. The number of nitrogens with zero attached hydrogens (tertiary/aromatic N) is 1. The lowest BCUT2D eigenvalue weighted by atomic mass is 10.1. The first-order chi connectivity index (χ1) is 8.65. The number of thioether (sulfide) groups is 1. The largest absolute Gasteiger partial charge is 0.388 e. The van der Waals surface area contributed by atoms with Gasteiger partial charge in [-0.1, -0.05) is 30.7 Å². The average molecular weight is 286 g/mol. The molecule has 0 aliphatic carbocycles. The summed E-state index contributed by atoms with van der Waals surface area (Å²) in [5.74, 6) is 1.20. The van der Waals surface area contributed by atoms with E-state index in [1.807, 2.05) is 36.0 Å². The van der Waals surface area contributed by atoms with Crippen LogP contribution in [0.15, 0.2) is 24.3 Å². The number of halogens is 1. The molecule has 4 heteroatoms. The standard InChI is InChI=1S/C14H20ClNOS/c1-11-10-16(7-8-18-11)6-5-14(17)12-3-2-4-13(15)9-12/h2-4,9,11,14,17H,5-8,10H2,1H3. The van der Waals surface area contributed by atoms with Gasteiger partial charge in [-0.25, -0.2) is 0 Å². The lowest BCUT2D eigenvalue weighted by Gasteiger charge is -2.31. The molecule has 1 fully saturated rings. The van der Waals surface area contributed by atoms with E-state index in [-0.39, 0.29) is 0 Å². The normalized spacial score (nSPS) is 22.9. The minimum absolute atomic E-state index is 0.409. The molecule has 18 heavy (non-hydrogen) atoms. The van der Waals surface area contributed by atoms with Gasteiger partial charge in [0.15, 0.2) is 0 Å². The molecular formula is C14H20ClNOS. The van der Waals surface area contributed by atoms with Crippen molar-refractivity contribution in [2.45, 2.75) is 24.7 Å². The van der Waals surface area contributed by atoms with Crippen LogP contribution in [0.1, 0.15) is 25.0 Å². The second kappa shape index (κ2) is 6.80. The summed E-state index contributed by atoms with van der Waals surface area (Å²) < 4.78 is 0. The predicted octanol–water partition coefficient (Wildman–Crippen LogP) is 3.20. The van der Waals surface area contributed by atoms with Gasteiger partial charge >= 0.3 is 0 Å². The summed E-state index contributed by atoms with van der Waals surface area (Å²) in [5.41, 5.74) is 0.918. The van der Waals surface area contributed by atoms with Crippen LogP contribution in [0.4, 0.5) is 0 Å². The molecule has 1 N–H and O–H groups in total. The van der Waals surface area contributed by atoms with Crippen molar-refractivity contribution < 1.29 is 5.11 Å². The van der Waals surface area contributed by atoms with E-state index in [1.165, 1.54) is 5.75 Å². The quantitative estimate of drug-likeness (QED) is 0.919. The van der Waals surface area contributed by atoms with Crippen molar-refractivity contribution in [2.24, 2.45) is 0 Å². The molecule has 1 saturated heterocycles. The monoisotopic (exact) mass is 285 g/mol. The second-order valence-corrected chi connectivity index (χ2v) is 6.82. The maximum absolute atomic E-state index is 10.2. The van der Waals surface area contributed by atoms with Gasteiger partial charge in [0.2, 0.25) is 0 Å². The molecule has 1 aliphatic heterocycles. The maximum atomic E-state index is 10.2. The summed E-state index contributed by atoms with van der Waals surface area (Å²) in [5, 5.41) is 11.6. The Balaban J connectivity index is 1.82. The zero-order valence-electron chi connectivity index (χ0n) is 10.7. The summed E-state index contributed by atoms with van der Waals surface area (Å²) in [6.45, 7) is 5.49. The predicted molar refractivity (Wildman–Crippen MR) is 79.4 cm³/mol. The highest BCUT2D eigenvalue weighted by atomic mass is 35.5. The van der Waals surface area contributed by atoms with Crippen molar-refractivity contribution in [3.05, 3.63) is 34.9 Å². The summed E-state index contributed by atoms with van der Waals surface area (Å²) in [7, 11) is 0. The van der Waals surface area contributed by atoms with Gasteiger partial charge in [-0.15, -0.1) is 0 Å². The summed E-state index contributed by atoms with van der Waals surface area (Å²) in [6.07, 6.45) is 0.367. The van der Waals surface area contributed by atoms with Crippen LogP contribution in [0.25, 0.3) is 0 Å². The number of hydrogen-bond donors (Lipinski definition) is 1. The van der Waals surface area contributed by atoms with Gasteiger partial charge in [0.05, 0.1) is 6.10 Å². The van der Waals surface area contributed by atoms with Crippen molar-refractivity contribution in [3.63, 3.8) is 0 Å². The van der Waals surface area contributed by atoms with Gasteiger partial charge in [-0.05, 0) is 24.1 Å². The van der Waals surface area contributed by atoms with Gasteiger partial charge in [0.1, 0.15) is 0 Å². The Bertz CT molecular complexity index is 388. The Morgan fingerprint density at radius 1 is 1.56 bits per heavy atom. The highest BCUT2D eigenvalue weighted by Crippen LogP contribution is 2.22. The molecule has 2 nitrogen and oxygen atoms in total. The lowest BCUT2D eigenvalue weighted by molar-refractivity contribution is 0.143. The Hall–Kier alpha value is -0.220. The topological polar surface area (TPSA) is 23.5 Å². The third-order valence-electron chi connectivity index (χ3n) is 3.28. The molecule has 2 rings (SSSR count). The van der Waals surface area contributed by atoms with E-state index in [4.69, 9.17) is 11.6 Å². The first kappa shape index (κ1) is 14.2. The summed E-state index contributed by atoms with van der Waals surface area (Å²) in [6, 6.07) is 7.51. The molecule has 1 heterocycles. The van der Waals surface area contributed by atoms with Crippen LogP contribution in [-0.2, 0) is 0 Å². The second-order valence-electron chi connectivity index (χ2n) is 4.84. The Morgan fingerprint density at radius 3 is 3.11 bits per heavy atom. The van der Waals surface area contributed by atoms with E-state index < -0.39 is 6.10 Å². The molecule has 2 atom stereocenters. The third kappa shape index (κ3) is 4.16. The van der Waals surface area contributed by atoms with Gasteiger partial charge < -0.3 is 10.0 Å². The van der Waals surface area contributed by atoms with E-state index in [0.717, 1.165) is 31.6 Å². The fourth-order valence-corrected chi connectivity index (χ4v) is 3.56. The van der Waals surface area contributed by atoms with Crippen molar-refractivity contribution in [3.8, 4) is 0 Å². The van der Waals surface area contributed by atoms with E-state index in [9.17, 15) is 5.11 Å². The SMILES string of the molecule is CC1CN(CCC(O)c2cccc(Cl)c2)CCS1. The zero-order chi connectivity index (χ0) is 13.0. The fraction of sp³-hybridized carbons (Fsp3) is 0.571. The van der Waals surface area contributed by atoms with Crippen LogP contribution in [-0.4, -0.2) is 40.6 Å². The van der Waals surface area contributed by atoms with Gasteiger partial charge in [0.25, 0.3) is 0 Å². The molecular weight excluding hydrogens is 266 g/mol. The number of benzene rings is 1. The van der Waals surface area contributed by atoms with E-state index in [2.05, 4.69) is 11.8 Å². The highest BCUT2D eigenvalue weighted by Gasteiger charge is 2.17. The summed E-state index contributed by atoms with van der Waals surface area (Å²) in [4.78, 5) is 2.44. The van der Waals surface area contributed by atoms with Crippen molar-refractivity contribution in [2.75, 3.05) is 25.4 Å². The van der Waals surface area contributed by atoms with E-state index >= 15 is 0 Å². The molecule has 0 amide bonds. The van der Waals surface area contributed by atoms with Crippen LogP contribution >= 0.6 is 23.4 Å². The molecule has 100 valence electrons. The molecule has 2 unspecified atom stereocenters. The molecule has 0 bridgehead atoms. The van der Waals surface area contributed by atoms with Crippen LogP contribution in [0.5, 0.6) is 0 Å². The van der Waals surface area contributed by atoms with Crippen LogP contribution in [0.3, 0.4) is 0 Å². The Labute approximate surface area is 118 Å². The highest BCUT2D eigenvalue weighted by molar-refractivity contribution is 7.99.